The molecule has 1 aliphatic rings. The Hall–Kier alpha value is -0.420. The van der Waals surface area contributed by atoms with Crippen LogP contribution in [0.4, 0.5) is 0 Å². The fourth-order valence-electron chi connectivity index (χ4n) is 2.47. The van der Waals surface area contributed by atoms with Crippen molar-refractivity contribution in [2.24, 2.45) is 5.84 Å². The molecule has 1 aromatic rings. The zero-order chi connectivity index (χ0) is 11.6. The molecule has 0 aliphatic carbocycles. The molecule has 2 unspecified atom stereocenters. The third kappa shape index (κ3) is 2.15. The Bertz CT molecular complexity index is 345. The van der Waals surface area contributed by atoms with Crippen molar-refractivity contribution in [1.82, 2.24) is 5.43 Å². The van der Waals surface area contributed by atoms with Gasteiger partial charge in [0.1, 0.15) is 0 Å². The lowest BCUT2D eigenvalue weighted by Crippen LogP contribution is -2.48. The molecule has 0 aromatic carbocycles. The number of rotatable bonds is 3. The van der Waals surface area contributed by atoms with Gasteiger partial charge in [0.15, 0.2) is 0 Å². The fourth-order valence-corrected chi connectivity index (χ4v) is 3.21. The number of hydrogen-bond acceptors (Lipinski definition) is 4. The van der Waals surface area contributed by atoms with E-state index in [2.05, 4.69) is 30.7 Å². The summed E-state index contributed by atoms with van der Waals surface area (Å²) >= 11 is 1.76. The summed E-state index contributed by atoms with van der Waals surface area (Å²) in [7, 11) is 0. The highest BCUT2D eigenvalue weighted by Gasteiger charge is 2.38. The summed E-state index contributed by atoms with van der Waals surface area (Å²) in [5, 5.41) is 2.11. The van der Waals surface area contributed by atoms with Crippen LogP contribution >= 0.6 is 11.3 Å². The summed E-state index contributed by atoms with van der Waals surface area (Å²) in [5.41, 5.74) is 4.04. The fraction of sp³-hybridized carbons (Fsp3) is 0.667. The first-order chi connectivity index (χ1) is 7.67. The molecule has 0 radical (unpaired) electrons. The molecule has 3 nitrogen and oxygen atoms in total. The van der Waals surface area contributed by atoms with Crippen LogP contribution in [0.15, 0.2) is 11.4 Å². The van der Waals surface area contributed by atoms with Crippen LogP contribution in [0.2, 0.25) is 0 Å². The molecule has 1 saturated heterocycles. The molecule has 4 heteroatoms. The molecule has 2 rings (SSSR count). The number of ether oxygens (including phenoxy) is 1. The number of thiophene rings is 1. The Labute approximate surface area is 101 Å². The van der Waals surface area contributed by atoms with Crippen molar-refractivity contribution in [2.45, 2.75) is 44.8 Å². The smallest absolute Gasteiger partial charge is 0.0861 e. The van der Waals surface area contributed by atoms with Crippen LogP contribution in [0.25, 0.3) is 0 Å². The molecular formula is C12H20N2OS. The number of hydrogen-bond donors (Lipinski definition) is 2. The van der Waals surface area contributed by atoms with Gasteiger partial charge in [-0.1, -0.05) is 0 Å². The minimum atomic E-state index is -0.168. The van der Waals surface area contributed by atoms with Crippen molar-refractivity contribution in [2.75, 3.05) is 6.61 Å². The van der Waals surface area contributed by atoms with E-state index in [1.807, 2.05) is 0 Å². The molecule has 16 heavy (non-hydrogen) atoms. The molecule has 3 N–H and O–H groups in total. The molecule has 1 fully saturated rings. The lowest BCUT2D eigenvalue weighted by Gasteiger charge is -2.40. The van der Waals surface area contributed by atoms with Crippen molar-refractivity contribution in [1.29, 1.82) is 0 Å². The van der Waals surface area contributed by atoms with Crippen molar-refractivity contribution < 1.29 is 4.74 Å². The zero-order valence-corrected chi connectivity index (χ0v) is 10.8. The average molecular weight is 240 g/mol. The van der Waals surface area contributed by atoms with E-state index >= 15 is 0 Å². The maximum absolute atomic E-state index is 5.96. The van der Waals surface area contributed by atoms with E-state index in [-0.39, 0.29) is 11.6 Å². The SMILES string of the molecule is Cc1sccc1C(NN)C1(C)CCCCO1. The number of nitrogens with one attached hydrogen (secondary N) is 1. The van der Waals surface area contributed by atoms with Crippen molar-refractivity contribution in [3.05, 3.63) is 21.9 Å². The van der Waals surface area contributed by atoms with Crippen LogP contribution in [-0.2, 0) is 4.74 Å². The number of aryl methyl sites for hydroxylation is 1. The highest BCUT2D eigenvalue weighted by atomic mass is 32.1. The average Bonchev–Trinajstić information content (AvgIpc) is 2.67. The number of nitrogens with two attached hydrogens (primary N) is 1. The van der Waals surface area contributed by atoms with E-state index in [0.29, 0.717) is 0 Å². The van der Waals surface area contributed by atoms with Crippen LogP contribution in [0, 0.1) is 6.92 Å². The Kier molecular flexibility index (Phi) is 3.64. The quantitative estimate of drug-likeness (QED) is 0.630. The molecule has 2 heterocycles. The summed E-state index contributed by atoms with van der Waals surface area (Å²) < 4.78 is 5.96. The summed E-state index contributed by atoms with van der Waals surface area (Å²) in [6.07, 6.45) is 3.45. The van der Waals surface area contributed by atoms with E-state index in [4.69, 9.17) is 10.6 Å². The van der Waals surface area contributed by atoms with Crippen LogP contribution < -0.4 is 11.3 Å². The molecule has 90 valence electrons. The predicted molar refractivity (Wildman–Crippen MR) is 67.3 cm³/mol. The van der Waals surface area contributed by atoms with Gasteiger partial charge in [-0.2, -0.15) is 0 Å². The summed E-state index contributed by atoms with van der Waals surface area (Å²) in [6.45, 7) is 5.14. The van der Waals surface area contributed by atoms with E-state index in [0.717, 1.165) is 19.4 Å². The van der Waals surface area contributed by atoms with Crippen LogP contribution in [0.1, 0.15) is 42.7 Å². The normalized spacial score (nSPS) is 27.9. The van der Waals surface area contributed by atoms with E-state index in [9.17, 15) is 0 Å². The molecule has 2 atom stereocenters. The first-order valence-electron chi connectivity index (χ1n) is 5.81. The van der Waals surface area contributed by atoms with Crippen LogP contribution in [0.5, 0.6) is 0 Å². The first kappa shape index (κ1) is 12.0. The molecular weight excluding hydrogens is 220 g/mol. The van der Waals surface area contributed by atoms with Crippen molar-refractivity contribution in [3.63, 3.8) is 0 Å². The second kappa shape index (κ2) is 4.84. The van der Waals surface area contributed by atoms with Gasteiger partial charge in [-0.3, -0.25) is 11.3 Å². The second-order valence-electron chi connectivity index (χ2n) is 4.65. The Balaban J connectivity index is 2.24. The highest BCUT2D eigenvalue weighted by Crippen LogP contribution is 2.38. The van der Waals surface area contributed by atoms with Gasteiger partial charge < -0.3 is 4.74 Å². The van der Waals surface area contributed by atoms with Gasteiger partial charge in [-0.15, -0.1) is 11.3 Å². The van der Waals surface area contributed by atoms with Gasteiger partial charge in [-0.05, 0) is 50.1 Å². The van der Waals surface area contributed by atoms with Gasteiger partial charge in [0, 0.05) is 11.5 Å². The summed E-state index contributed by atoms with van der Waals surface area (Å²) in [5.74, 6) is 5.72. The van der Waals surface area contributed by atoms with Crippen LogP contribution in [-0.4, -0.2) is 12.2 Å². The third-order valence-electron chi connectivity index (χ3n) is 3.49. The van der Waals surface area contributed by atoms with E-state index < -0.39 is 0 Å². The van der Waals surface area contributed by atoms with Crippen LogP contribution in [0.3, 0.4) is 0 Å². The van der Waals surface area contributed by atoms with E-state index in [1.165, 1.54) is 16.9 Å². The molecule has 0 spiro atoms. The molecule has 1 aliphatic heterocycles. The van der Waals surface area contributed by atoms with E-state index in [1.54, 1.807) is 11.3 Å². The Morgan fingerprint density at radius 1 is 1.56 bits per heavy atom. The second-order valence-corrected chi connectivity index (χ2v) is 5.77. The topological polar surface area (TPSA) is 47.3 Å². The largest absolute Gasteiger partial charge is 0.373 e. The third-order valence-corrected chi connectivity index (χ3v) is 4.35. The standard InChI is InChI=1S/C12H20N2OS/c1-9-10(5-8-16-9)11(14-13)12(2)6-3-4-7-15-12/h5,8,11,14H,3-4,6-7,13H2,1-2H3. The number of hydrazine groups is 1. The van der Waals surface area contributed by atoms with Gasteiger partial charge in [-0.25, -0.2) is 0 Å². The minimum Gasteiger partial charge on any atom is -0.373 e. The Morgan fingerprint density at radius 3 is 2.88 bits per heavy atom. The molecule has 1 aromatic heterocycles. The van der Waals surface area contributed by atoms with Gasteiger partial charge in [0.25, 0.3) is 0 Å². The van der Waals surface area contributed by atoms with Gasteiger partial charge in [0.05, 0.1) is 11.6 Å². The Morgan fingerprint density at radius 2 is 2.38 bits per heavy atom. The lowest BCUT2D eigenvalue weighted by atomic mass is 9.85. The zero-order valence-electron chi connectivity index (χ0n) is 9.95. The highest BCUT2D eigenvalue weighted by molar-refractivity contribution is 7.10. The van der Waals surface area contributed by atoms with Crippen molar-refractivity contribution in [3.8, 4) is 0 Å². The first-order valence-corrected chi connectivity index (χ1v) is 6.69. The van der Waals surface area contributed by atoms with Gasteiger partial charge >= 0.3 is 0 Å². The molecule has 0 saturated carbocycles. The maximum atomic E-state index is 5.96. The van der Waals surface area contributed by atoms with Crippen molar-refractivity contribution >= 4 is 11.3 Å². The summed E-state index contributed by atoms with van der Waals surface area (Å²) in [4.78, 5) is 1.32. The predicted octanol–water partition coefficient (Wildman–Crippen LogP) is 2.52. The summed E-state index contributed by atoms with van der Waals surface area (Å²) in [6, 6.07) is 2.24. The molecule has 0 amide bonds. The molecule has 0 bridgehead atoms. The monoisotopic (exact) mass is 240 g/mol. The maximum Gasteiger partial charge on any atom is 0.0861 e. The van der Waals surface area contributed by atoms with Gasteiger partial charge in [0.2, 0.25) is 0 Å². The minimum absolute atomic E-state index is 0.0963. The lowest BCUT2D eigenvalue weighted by molar-refractivity contribution is -0.0899.